The number of halogens is 1. The van der Waals surface area contributed by atoms with Crippen LogP contribution < -0.4 is 4.90 Å². The average molecular weight is 408 g/mol. The minimum atomic E-state index is -3.73. The Morgan fingerprint density at radius 1 is 1.05 bits per heavy atom. The first-order valence-corrected chi connectivity index (χ1v) is 8.61. The molecule has 0 N–H and O–H groups in total. The van der Waals surface area contributed by atoms with Crippen molar-refractivity contribution in [2.45, 2.75) is 4.90 Å². The van der Waals surface area contributed by atoms with Gasteiger partial charge < -0.3 is 4.90 Å². The van der Waals surface area contributed by atoms with Crippen LogP contribution in [0.1, 0.15) is 0 Å². The summed E-state index contributed by atoms with van der Waals surface area (Å²) in [5.41, 5.74) is 1.36. The van der Waals surface area contributed by atoms with Gasteiger partial charge in [-0.3, -0.25) is 0 Å². The number of rotatable bonds is 1. The summed E-state index contributed by atoms with van der Waals surface area (Å²) in [5.74, 6) is 0. The van der Waals surface area contributed by atoms with Gasteiger partial charge in [-0.1, -0.05) is 12.1 Å². The summed E-state index contributed by atoms with van der Waals surface area (Å²) >= 11 is 2.20. The molecular formula is C15H9IN2O2S. The van der Waals surface area contributed by atoms with Crippen molar-refractivity contribution in [3.63, 3.8) is 0 Å². The van der Waals surface area contributed by atoms with Crippen molar-refractivity contribution < 1.29 is 8.42 Å². The minimum absolute atomic E-state index is 0.155. The van der Waals surface area contributed by atoms with Crippen molar-refractivity contribution in [2.75, 3.05) is 4.90 Å². The fourth-order valence-corrected chi connectivity index (χ4v) is 3.82. The molecule has 0 bridgehead atoms. The van der Waals surface area contributed by atoms with Crippen LogP contribution in [0.3, 0.4) is 0 Å². The van der Waals surface area contributed by atoms with Crippen molar-refractivity contribution in [1.82, 2.24) is 0 Å². The fourth-order valence-electron chi connectivity index (χ4n) is 2.16. The van der Waals surface area contributed by atoms with Crippen molar-refractivity contribution in [1.29, 1.82) is 5.26 Å². The molecule has 0 aliphatic carbocycles. The number of nitriles is 1. The monoisotopic (exact) mass is 408 g/mol. The van der Waals surface area contributed by atoms with E-state index in [1.165, 1.54) is 12.3 Å². The molecule has 1 aliphatic heterocycles. The molecule has 1 aliphatic rings. The first-order chi connectivity index (χ1) is 10.0. The smallest absolute Gasteiger partial charge is 0.220 e. The summed E-state index contributed by atoms with van der Waals surface area (Å²) in [6, 6.07) is 16.1. The second kappa shape index (κ2) is 5.16. The van der Waals surface area contributed by atoms with Gasteiger partial charge in [-0.25, -0.2) is 8.42 Å². The molecule has 0 saturated heterocycles. The van der Waals surface area contributed by atoms with Crippen molar-refractivity contribution in [3.8, 4) is 6.07 Å². The number of benzene rings is 2. The van der Waals surface area contributed by atoms with Crippen LogP contribution in [0.4, 0.5) is 11.4 Å². The van der Waals surface area contributed by atoms with E-state index in [1.807, 2.05) is 24.3 Å². The summed E-state index contributed by atoms with van der Waals surface area (Å²) in [5, 5.41) is 9.14. The second-order valence-corrected chi connectivity index (χ2v) is 7.55. The van der Waals surface area contributed by atoms with Crippen molar-refractivity contribution in [2.24, 2.45) is 0 Å². The molecule has 0 saturated carbocycles. The molecule has 0 aromatic heterocycles. The van der Waals surface area contributed by atoms with E-state index in [0.717, 1.165) is 9.26 Å². The predicted octanol–water partition coefficient (Wildman–Crippen LogP) is 3.58. The maximum atomic E-state index is 12.3. The van der Waals surface area contributed by atoms with Gasteiger partial charge in [0.15, 0.2) is 4.91 Å². The van der Waals surface area contributed by atoms with Crippen molar-refractivity contribution >= 4 is 43.8 Å². The van der Waals surface area contributed by atoms with E-state index in [1.54, 1.807) is 29.2 Å². The molecule has 2 aromatic carbocycles. The average Bonchev–Trinajstić information content (AvgIpc) is 2.49. The molecular weight excluding hydrogens is 399 g/mol. The summed E-state index contributed by atoms with van der Waals surface area (Å²) in [4.78, 5) is 1.63. The van der Waals surface area contributed by atoms with E-state index in [4.69, 9.17) is 5.26 Å². The zero-order valence-corrected chi connectivity index (χ0v) is 13.7. The Labute approximate surface area is 136 Å². The van der Waals surface area contributed by atoms with Gasteiger partial charge in [0.05, 0.1) is 10.6 Å². The molecule has 2 aromatic rings. The largest absolute Gasteiger partial charge is 0.314 e. The van der Waals surface area contributed by atoms with Crippen LogP contribution in [0.25, 0.3) is 0 Å². The number of para-hydroxylation sites is 1. The third-order valence-corrected chi connectivity index (χ3v) is 5.58. The summed E-state index contributed by atoms with van der Waals surface area (Å²) in [6.07, 6.45) is 1.37. The first-order valence-electron chi connectivity index (χ1n) is 6.05. The predicted molar refractivity (Wildman–Crippen MR) is 88.6 cm³/mol. The SMILES string of the molecule is N#CC1=CN(c2ccc(I)cc2)c2ccccc2S1(=O)=O. The lowest BCUT2D eigenvalue weighted by Crippen LogP contribution is -2.21. The summed E-state index contributed by atoms with van der Waals surface area (Å²) in [6.45, 7) is 0. The van der Waals surface area contributed by atoms with Gasteiger partial charge >= 0.3 is 0 Å². The van der Waals surface area contributed by atoms with Gasteiger partial charge in [-0.15, -0.1) is 0 Å². The molecule has 4 nitrogen and oxygen atoms in total. The maximum absolute atomic E-state index is 12.3. The Kier molecular flexibility index (Phi) is 3.47. The van der Waals surface area contributed by atoms with Crippen LogP contribution >= 0.6 is 22.6 Å². The zero-order chi connectivity index (χ0) is 15.0. The van der Waals surface area contributed by atoms with Gasteiger partial charge in [0.25, 0.3) is 0 Å². The highest BCUT2D eigenvalue weighted by atomic mass is 127. The molecule has 0 amide bonds. The maximum Gasteiger partial charge on any atom is 0.220 e. The van der Waals surface area contributed by atoms with E-state index in [9.17, 15) is 8.42 Å². The third kappa shape index (κ3) is 2.32. The lowest BCUT2D eigenvalue weighted by Gasteiger charge is -2.27. The summed E-state index contributed by atoms with van der Waals surface area (Å²) < 4.78 is 25.8. The van der Waals surface area contributed by atoms with Gasteiger partial charge in [0.2, 0.25) is 9.84 Å². The highest BCUT2D eigenvalue weighted by molar-refractivity contribution is 14.1. The van der Waals surface area contributed by atoms with Crippen LogP contribution in [-0.4, -0.2) is 8.42 Å². The number of fused-ring (bicyclic) bond motifs is 1. The fraction of sp³-hybridized carbons (Fsp3) is 0. The lowest BCUT2D eigenvalue weighted by atomic mass is 10.2. The molecule has 0 fully saturated rings. The van der Waals surface area contributed by atoms with Crippen LogP contribution in [0.5, 0.6) is 0 Å². The van der Waals surface area contributed by atoms with Crippen molar-refractivity contribution in [3.05, 3.63) is 63.2 Å². The van der Waals surface area contributed by atoms with E-state index in [0.29, 0.717) is 5.69 Å². The van der Waals surface area contributed by atoms with Gasteiger partial charge in [-0.2, -0.15) is 5.26 Å². The normalized spacial score (nSPS) is 15.8. The zero-order valence-electron chi connectivity index (χ0n) is 10.7. The Morgan fingerprint density at radius 3 is 2.38 bits per heavy atom. The quantitative estimate of drug-likeness (QED) is 0.677. The van der Waals surface area contributed by atoms with E-state index >= 15 is 0 Å². The molecule has 3 rings (SSSR count). The van der Waals surface area contributed by atoms with Crippen LogP contribution in [0.2, 0.25) is 0 Å². The molecule has 0 atom stereocenters. The van der Waals surface area contributed by atoms with Gasteiger partial charge in [-0.05, 0) is 59.0 Å². The Bertz CT molecular complexity index is 881. The number of sulfone groups is 1. The lowest BCUT2D eigenvalue weighted by molar-refractivity contribution is 0.602. The Morgan fingerprint density at radius 2 is 1.71 bits per heavy atom. The summed E-state index contributed by atoms with van der Waals surface area (Å²) in [7, 11) is -3.73. The van der Waals surface area contributed by atoms with E-state index in [2.05, 4.69) is 22.6 Å². The molecule has 6 heteroatoms. The van der Waals surface area contributed by atoms with E-state index < -0.39 is 9.84 Å². The number of allylic oxidation sites excluding steroid dienone is 1. The molecule has 0 spiro atoms. The van der Waals surface area contributed by atoms with Crippen LogP contribution in [-0.2, 0) is 9.84 Å². The van der Waals surface area contributed by atoms with Gasteiger partial charge in [0.1, 0.15) is 6.07 Å². The molecule has 104 valence electrons. The molecule has 0 unspecified atom stereocenters. The standard InChI is InChI=1S/C15H9IN2O2S/c16-11-5-7-12(8-6-11)18-10-13(9-17)21(19,20)15-4-2-1-3-14(15)18/h1-8,10H. The first kappa shape index (κ1) is 14.1. The number of nitrogens with zero attached hydrogens (tertiary/aromatic N) is 2. The van der Waals surface area contributed by atoms with Gasteiger partial charge in [0, 0.05) is 15.5 Å². The molecule has 0 radical (unpaired) electrons. The second-order valence-electron chi connectivity index (χ2n) is 4.42. The number of hydrogen-bond acceptors (Lipinski definition) is 4. The third-order valence-electron chi connectivity index (χ3n) is 3.17. The number of anilines is 2. The highest BCUT2D eigenvalue weighted by Crippen LogP contribution is 2.39. The molecule has 1 heterocycles. The Hall–Kier alpha value is -1.85. The van der Waals surface area contributed by atoms with Crippen LogP contribution in [0, 0.1) is 14.9 Å². The van der Waals surface area contributed by atoms with E-state index in [-0.39, 0.29) is 9.80 Å². The number of hydrogen-bond donors (Lipinski definition) is 0. The topological polar surface area (TPSA) is 61.2 Å². The van der Waals surface area contributed by atoms with Crippen LogP contribution in [0.15, 0.2) is 64.5 Å². The Balaban J connectivity index is 2.26. The molecule has 21 heavy (non-hydrogen) atoms. The minimum Gasteiger partial charge on any atom is -0.314 e. The highest BCUT2D eigenvalue weighted by Gasteiger charge is 2.31.